The maximum atomic E-state index is 12.3. The third kappa shape index (κ3) is 4.49. The summed E-state index contributed by atoms with van der Waals surface area (Å²) in [5.41, 5.74) is 4.12. The van der Waals surface area contributed by atoms with Crippen LogP contribution in [0.5, 0.6) is 5.75 Å². The van der Waals surface area contributed by atoms with E-state index in [9.17, 15) is 13.5 Å². The Labute approximate surface area is 170 Å². The van der Waals surface area contributed by atoms with Crippen LogP contribution >= 0.6 is 15.9 Å². The normalized spacial score (nSPS) is 24.5. The summed E-state index contributed by atoms with van der Waals surface area (Å²) in [5, 5.41) is 9.69. The molecule has 0 amide bonds. The van der Waals surface area contributed by atoms with E-state index in [1.807, 2.05) is 19.1 Å². The first-order valence-electron chi connectivity index (χ1n) is 9.58. The minimum Gasteiger partial charge on any atom is -0.507 e. The number of aromatic hydroxyl groups is 1. The highest BCUT2D eigenvalue weighted by Gasteiger charge is 2.46. The number of sulfone groups is 1. The number of benzene rings is 1. The van der Waals surface area contributed by atoms with Gasteiger partial charge in [0.1, 0.15) is 11.0 Å². The van der Waals surface area contributed by atoms with Gasteiger partial charge in [0, 0.05) is 10.0 Å². The summed E-state index contributed by atoms with van der Waals surface area (Å²) in [5.74, 6) is 0.467. The molecule has 1 aromatic carbocycles. The Morgan fingerprint density at radius 3 is 2.81 bits per heavy atom. The molecule has 0 saturated carbocycles. The monoisotopic (exact) mass is 454 g/mol. The predicted molar refractivity (Wildman–Crippen MR) is 113 cm³/mol. The molecule has 1 fully saturated rings. The van der Waals surface area contributed by atoms with Crippen molar-refractivity contribution in [1.82, 2.24) is 0 Å². The van der Waals surface area contributed by atoms with Crippen LogP contribution in [0.25, 0.3) is 6.08 Å². The molecular formula is C21H27BrO4S. The second kappa shape index (κ2) is 8.50. The molecule has 0 bridgehead atoms. The number of phenols is 1. The molecule has 0 spiro atoms. The highest BCUT2D eigenvalue weighted by Crippen LogP contribution is 2.39. The summed E-state index contributed by atoms with van der Waals surface area (Å²) in [4.78, 5) is 0. The van der Waals surface area contributed by atoms with Crippen molar-refractivity contribution in [2.75, 3.05) is 12.4 Å². The fourth-order valence-electron chi connectivity index (χ4n) is 4.08. The van der Waals surface area contributed by atoms with Gasteiger partial charge in [0.2, 0.25) is 0 Å². The fraction of sp³-hybridized carbons (Fsp3) is 0.524. The van der Waals surface area contributed by atoms with Crippen molar-refractivity contribution in [2.24, 2.45) is 0 Å². The number of hydrogen-bond donors (Lipinski definition) is 1. The number of ether oxygens (including phenoxy) is 1. The number of rotatable bonds is 7. The molecule has 2 aliphatic rings. The summed E-state index contributed by atoms with van der Waals surface area (Å²) in [7, 11) is -3.08. The molecule has 2 heterocycles. The number of allylic oxidation sites excluding steroid dienone is 1. The highest BCUT2D eigenvalue weighted by molar-refractivity contribution is 9.10. The minimum atomic E-state index is -3.08. The molecule has 4 nitrogen and oxygen atoms in total. The van der Waals surface area contributed by atoms with E-state index in [0.29, 0.717) is 6.61 Å². The van der Waals surface area contributed by atoms with E-state index in [2.05, 4.69) is 28.9 Å². The maximum absolute atomic E-state index is 12.3. The number of halogens is 1. The summed E-state index contributed by atoms with van der Waals surface area (Å²) < 4.78 is 31.5. The SMILES string of the molecule is CCC/C(=C\c1cc(Br)ccc1O)CC[C@H]1OC[C@H]2C1=C(CC)CS2(=O)=O. The Bertz CT molecular complexity index is 870. The molecule has 1 N–H and O–H groups in total. The van der Waals surface area contributed by atoms with E-state index in [1.165, 1.54) is 5.57 Å². The van der Waals surface area contributed by atoms with Crippen molar-refractivity contribution in [2.45, 2.75) is 57.3 Å². The molecule has 1 saturated heterocycles. The second-order valence-corrected chi connectivity index (χ2v) is 10.4. The van der Waals surface area contributed by atoms with Gasteiger partial charge in [-0.05, 0) is 49.5 Å². The molecule has 148 valence electrons. The summed E-state index contributed by atoms with van der Waals surface area (Å²) in [6.07, 6.45) is 6.30. The zero-order valence-corrected chi connectivity index (χ0v) is 18.3. The van der Waals surface area contributed by atoms with E-state index < -0.39 is 15.1 Å². The first-order valence-corrected chi connectivity index (χ1v) is 12.1. The lowest BCUT2D eigenvalue weighted by molar-refractivity contribution is 0.117. The zero-order valence-electron chi connectivity index (χ0n) is 15.9. The van der Waals surface area contributed by atoms with Crippen LogP contribution in [-0.4, -0.2) is 37.2 Å². The molecular weight excluding hydrogens is 428 g/mol. The van der Waals surface area contributed by atoms with Crippen molar-refractivity contribution < 1.29 is 18.3 Å². The lowest BCUT2D eigenvalue weighted by atomic mass is 9.94. The van der Waals surface area contributed by atoms with Crippen molar-refractivity contribution >= 4 is 31.8 Å². The van der Waals surface area contributed by atoms with Gasteiger partial charge in [-0.1, -0.05) is 53.4 Å². The molecule has 3 rings (SSSR count). The Balaban J connectivity index is 1.77. The van der Waals surface area contributed by atoms with Gasteiger partial charge >= 0.3 is 0 Å². The van der Waals surface area contributed by atoms with E-state index in [-0.39, 0.29) is 17.6 Å². The largest absolute Gasteiger partial charge is 0.507 e. The first kappa shape index (κ1) is 20.6. The smallest absolute Gasteiger partial charge is 0.163 e. The van der Waals surface area contributed by atoms with Crippen LogP contribution in [-0.2, 0) is 14.6 Å². The van der Waals surface area contributed by atoms with Gasteiger partial charge in [-0.2, -0.15) is 0 Å². The number of hydrogen-bond acceptors (Lipinski definition) is 4. The molecule has 2 atom stereocenters. The topological polar surface area (TPSA) is 63.6 Å². The van der Waals surface area contributed by atoms with Crippen LogP contribution in [0, 0.1) is 0 Å². The van der Waals surface area contributed by atoms with Gasteiger partial charge in [0.15, 0.2) is 9.84 Å². The molecule has 27 heavy (non-hydrogen) atoms. The molecule has 2 aliphatic heterocycles. The van der Waals surface area contributed by atoms with Gasteiger partial charge in [0.05, 0.1) is 18.5 Å². The average molecular weight is 455 g/mol. The molecule has 0 radical (unpaired) electrons. The van der Waals surface area contributed by atoms with Crippen LogP contribution in [0.3, 0.4) is 0 Å². The van der Waals surface area contributed by atoms with Crippen molar-refractivity contribution in [1.29, 1.82) is 0 Å². The molecule has 0 aliphatic carbocycles. The van der Waals surface area contributed by atoms with Crippen LogP contribution < -0.4 is 0 Å². The Hall–Kier alpha value is -1.11. The predicted octanol–water partition coefficient (Wildman–Crippen LogP) is 5.02. The lowest BCUT2D eigenvalue weighted by Crippen LogP contribution is -2.19. The van der Waals surface area contributed by atoms with E-state index in [1.54, 1.807) is 6.07 Å². The van der Waals surface area contributed by atoms with Gasteiger partial charge in [-0.25, -0.2) is 8.42 Å². The van der Waals surface area contributed by atoms with E-state index in [0.717, 1.165) is 53.3 Å². The molecule has 6 heteroatoms. The van der Waals surface area contributed by atoms with Crippen molar-refractivity contribution in [3.05, 3.63) is 45.0 Å². The summed E-state index contributed by atoms with van der Waals surface area (Å²) in [6.45, 7) is 4.46. The molecule has 0 unspecified atom stereocenters. The molecule has 1 aromatic rings. The van der Waals surface area contributed by atoms with Crippen LogP contribution in [0.1, 0.15) is 51.5 Å². The standard InChI is InChI=1S/C21H27BrO4S/c1-3-5-14(10-16-11-17(22)7-8-18(16)23)6-9-19-21-15(4-2)13-27(24,25)20(21)12-26-19/h7-8,10-11,19-20,23H,3-6,9,12-13H2,1-2H3/b14-10+/t19-,20+/m1/s1. The number of fused-ring (bicyclic) bond motifs is 1. The number of phenolic OH excluding ortho intramolecular Hbond substituents is 1. The van der Waals surface area contributed by atoms with Gasteiger partial charge in [0.25, 0.3) is 0 Å². The average Bonchev–Trinajstić information content (AvgIpc) is 3.16. The summed E-state index contributed by atoms with van der Waals surface area (Å²) in [6, 6.07) is 5.41. The summed E-state index contributed by atoms with van der Waals surface area (Å²) >= 11 is 3.45. The minimum absolute atomic E-state index is 0.0985. The zero-order chi connectivity index (χ0) is 19.6. The third-order valence-corrected chi connectivity index (χ3v) is 7.94. The van der Waals surface area contributed by atoms with E-state index in [4.69, 9.17) is 4.74 Å². The van der Waals surface area contributed by atoms with Crippen LogP contribution in [0.4, 0.5) is 0 Å². The van der Waals surface area contributed by atoms with E-state index >= 15 is 0 Å². The van der Waals surface area contributed by atoms with Gasteiger partial charge in [-0.15, -0.1) is 0 Å². The van der Waals surface area contributed by atoms with Crippen LogP contribution in [0.15, 0.2) is 39.4 Å². The quantitative estimate of drug-likeness (QED) is 0.587. The Kier molecular flexibility index (Phi) is 6.49. The second-order valence-electron chi connectivity index (χ2n) is 7.32. The van der Waals surface area contributed by atoms with Crippen LogP contribution in [0.2, 0.25) is 0 Å². The first-order chi connectivity index (χ1) is 12.9. The highest BCUT2D eigenvalue weighted by atomic mass is 79.9. The lowest BCUT2D eigenvalue weighted by Gasteiger charge is -2.15. The van der Waals surface area contributed by atoms with Crippen molar-refractivity contribution in [3.8, 4) is 5.75 Å². The Morgan fingerprint density at radius 2 is 2.11 bits per heavy atom. The maximum Gasteiger partial charge on any atom is 0.163 e. The van der Waals surface area contributed by atoms with Crippen molar-refractivity contribution in [3.63, 3.8) is 0 Å². The Morgan fingerprint density at radius 1 is 1.33 bits per heavy atom. The van der Waals surface area contributed by atoms with Gasteiger partial charge in [-0.3, -0.25) is 0 Å². The fourth-order valence-corrected chi connectivity index (χ4v) is 6.51. The third-order valence-electron chi connectivity index (χ3n) is 5.43. The molecule has 0 aromatic heterocycles. The van der Waals surface area contributed by atoms with Gasteiger partial charge < -0.3 is 9.84 Å².